The molecule has 2 heteroatoms. The molecule has 0 N–H and O–H groups in total. The minimum absolute atomic E-state index is 0. The van der Waals surface area contributed by atoms with Gasteiger partial charge in [0, 0.05) is 0 Å². The van der Waals surface area contributed by atoms with E-state index in [1.54, 1.807) is 0 Å². The van der Waals surface area contributed by atoms with E-state index in [4.69, 9.17) is 0 Å². The summed E-state index contributed by atoms with van der Waals surface area (Å²) in [5.41, 5.74) is 3.71. The van der Waals surface area contributed by atoms with E-state index in [1.165, 1.54) is 0 Å². The molecule has 0 aliphatic rings. The van der Waals surface area contributed by atoms with Gasteiger partial charge in [0.05, 0.1) is 0 Å². The largest absolute Gasteiger partial charge is 3.00 e. The predicted octanol–water partition coefficient (Wildman–Crippen LogP) is 3.31. The second kappa shape index (κ2) is 10.4. The second-order valence-electron chi connectivity index (χ2n) is 2.39. The van der Waals surface area contributed by atoms with Crippen molar-refractivity contribution >= 4 is 0 Å². The van der Waals surface area contributed by atoms with Crippen LogP contribution in [-0.4, -0.2) is 0 Å². The predicted molar refractivity (Wildman–Crippen MR) is 57.1 cm³/mol. The van der Waals surface area contributed by atoms with Gasteiger partial charge in [-0.25, -0.2) is 0 Å². The van der Waals surface area contributed by atoms with E-state index >= 15 is 0 Å². The van der Waals surface area contributed by atoms with Gasteiger partial charge >= 0.3 is 65.4 Å². The van der Waals surface area contributed by atoms with Crippen molar-refractivity contribution in [2.75, 3.05) is 0 Å². The third kappa shape index (κ3) is 6.40. The summed E-state index contributed by atoms with van der Waals surface area (Å²) in [7, 11) is 0. The molecule has 0 spiro atoms. The van der Waals surface area contributed by atoms with E-state index < -0.39 is 0 Å². The topological polar surface area (TPSA) is 0 Å². The van der Waals surface area contributed by atoms with Crippen LogP contribution in [0.25, 0.3) is 0 Å². The number of hydrogen-bond acceptors (Lipinski definition) is 0. The number of rotatable bonds is 0. The van der Waals surface area contributed by atoms with Crippen molar-refractivity contribution in [1.82, 2.24) is 0 Å². The first kappa shape index (κ1) is 24.2. The molecule has 0 radical (unpaired) electrons. The van der Waals surface area contributed by atoms with Crippen LogP contribution in [0.4, 0.5) is 0 Å². The van der Waals surface area contributed by atoms with E-state index in [1.807, 2.05) is 12.1 Å². The third-order valence-corrected chi connectivity index (χ3v) is 1.52. The fourth-order valence-corrected chi connectivity index (χ4v) is 0.791. The van der Waals surface area contributed by atoms with E-state index in [-0.39, 0.29) is 80.3 Å². The van der Waals surface area contributed by atoms with Gasteiger partial charge in [-0.2, -0.15) is 0 Å². The van der Waals surface area contributed by atoms with Crippen LogP contribution >= 0.6 is 0 Å². The Bertz CT molecular complexity index is 204. The molecule has 1 rings (SSSR count). The molecule has 0 amide bonds. The third-order valence-electron chi connectivity index (χ3n) is 1.52. The Morgan fingerprint density at radius 2 is 0.714 bits per heavy atom. The molecule has 1 aromatic rings. The van der Waals surface area contributed by atoms with Gasteiger partial charge in [-0.3, -0.25) is 39.8 Å². The zero-order valence-corrected chi connectivity index (χ0v) is 14.8. The minimum atomic E-state index is 0. The van der Waals surface area contributed by atoms with E-state index in [9.17, 15) is 0 Å². The van der Waals surface area contributed by atoms with E-state index in [0.29, 0.717) is 0 Å². The molecule has 0 atom stereocenters. The van der Waals surface area contributed by atoms with Crippen molar-refractivity contribution in [2.24, 2.45) is 0 Å². The van der Waals surface area contributed by atoms with Crippen molar-refractivity contribution in [2.45, 2.75) is 0 Å². The molecular formula is C12H16Y2. The Kier molecular flexibility index (Phi) is 18.0. The SMILES string of the molecule is [CH2-]c1cc([CH2-])c([CH2-])cc1[CH2-].[CH3-].[CH3-].[Y+3].[Y+3]. The summed E-state index contributed by atoms with van der Waals surface area (Å²) in [5, 5.41) is 0. The first-order valence-corrected chi connectivity index (χ1v) is 3.07. The zero-order valence-electron chi connectivity index (χ0n) is 9.14. The zero-order chi connectivity index (χ0) is 7.72. The number of hydrogen-bond donors (Lipinski definition) is 0. The Hall–Kier alpha value is 0.908. The normalized spacial score (nSPS) is 6.86. The van der Waals surface area contributed by atoms with Gasteiger partial charge in [0.15, 0.2) is 0 Å². The van der Waals surface area contributed by atoms with Crippen LogP contribution in [0.3, 0.4) is 0 Å². The van der Waals surface area contributed by atoms with Crippen LogP contribution in [0.5, 0.6) is 0 Å². The van der Waals surface area contributed by atoms with Crippen LogP contribution < -0.4 is 0 Å². The summed E-state index contributed by atoms with van der Waals surface area (Å²) in [6.07, 6.45) is 0. The summed E-state index contributed by atoms with van der Waals surface area (Å²) in [6.45, 7) is 15.2. The van der Waals surface area contributed by atoms with Crippen molar-refractivity contribution in [3.05, 3.63) is 76.9 Å². The fraction of sp³-hybridized carbons (Fsp3) is 0. The molecule has 70 valence electrons. The molecule has 0 bridgehead atoms. The van der Waals surface area contributed by atoms with Gasteiger partial charge in [0.1, 0.15) is 0 Å². The summed E-state index contributed by atoms with van der Waals surface area (Å²) in [4.78, 5) is 0. The molecule has 0 unspecified atom stereocenters. The van der Waals surface area contributed by atoms with Gasteiger partial charge in [-0.15, -0.1) is 0 Å². The molecule has 0 aromatic heterocycles. The Morgan fingerprint density at radius 1 is 0.571 bits per heavy atom. The van der Waals surface area contributed by atoms with Crippen LogP contribution in [-0.2, 0) is 65.4 Å². The van der Waals surface area contributed by atoms with E-state index in [0.717, 1.165) is 22.3 Å². The molecule has 0 saturated carbocycles. The monoisotopic (exact) mass is 338 g/mol. The smallest absolute Gasteiger partial charge is 0.358 e. The average Bonchev–Trinajstić information content (AvgIpc) is 1.84. The Morgan fingerprint density at radius 3 is 0.857 bits per heavy atom. The maximum Gasteiger partial charge on any atom is 3.00 e. The number of benzene rings is 1. The molecule has 0 aliphatic heterocycles. The van der Waals surface area contributed by atoms with Gasteiger partial charge in [0.2, 0.25) is 0 Å². The molecule has 1 aromatic carbocycles. The fourth-order valence-electron chi connectivity index (χ4n) is 0.791. The summed E-state index contributed by atoms with van der Waals surface area (Å²) in [5.74, 6) is 0. The van der Waals surface area contributed by atoms with Crippen LogP contribution in [0.15, 0.2) is 12.1 Å². The molecule has 0 aliphatic carbocycles. The Balaban J connectivity index is -0.000000125. The minimum Gasteiger partial charge on any atom is -0.358 e. The van der Waals surface area contributed by atoms with Crippen molar-refractivity contribution < 1.29 is 65.4 Å². The molecule has 0 nitrogen and oxygen atoms in total. The molecular weight excluding hydrogens is 322 g/mol. The summed E-state index contributed by atoms with van der Waals surface area (Å²) >= 11 is 0. The van der Waals surface area contributed by atoms with Gasteiger partial charge < -0.3 is 37.1 Å². The molecule has 14 heavy (non-hydrogen) atoms. The first-order chi connectivity index (χ1) is 4.61. The van der Waals surface area contributed by atoms with Crippen molar-refractivity contribution in [1.29, 1.82) is 0 Å². The summed E-state index contributed by atoms with van der Waals surface area (Å²) in [6, 6.07) is 3.79. The van der Waals surface area contributed by atoms with Crippen molar-refractivity contribution in [3.8, 4) is 0 Å². The van der Waals surface area contributed by atoms with E-state index in [2.05, 4.69) is 27.7 Å². The van der Waals surface area contributed by atoms with Crippen LogP contribution in [0.1, 0.15) is 22.3 Å². The summed E-state index contributed by atoms with van der Waals surface area (Å²) < 4.78 is 0. The van der Waals surface area contributed by atoms with Crippen LogP contribution in [0.2, 0.25) is 0 Å². The molecule has 0 saturated heterocycles. The quantitative estimate of drug-likeness (QED) is 0.637. The standard InChI is InChI=1S/C10H10.2CH3.2Y/c1-7-5-9(3)10(4)6-8(7)2;;;;/h5-6H,1-4H2;2*1H3;;/q-4;2*-1;2*+3. The maximum atomic E-state index is 3.79. The molecule has 0 heterocycles. The van der Waals surface area contributed by atoms with Crippen molar-refractivity contribution in [3.63, 3.8) is 0 Å². The van der Waals surface area contributed by atoms with Gasteiger partial charge in [-0.05, 0) is 0 Å². The second-order valence-corrected chi connectivity index (χ2v) is 2.39. The maximum absolute atomic E-state index is 3.79. The Labute approximate surface area is 140 Å². The van der Waals surface area contributed by atoms with Crippen LogP contribution in [0, 0.1) is 42.5 Å². The van der Waals surface area contributed by atoms with Gasteiger partial charge in [0.25, 0.3) is 0 Å². The molecule has 0 fully saturated rings. The van der Waals surface area contributed by atoms with Gasteiger partial charge in [-0.1, -0.05) is 0 Å². The first-order valence-electron chi connectivity index (χ1n) is 3.07. The average molecular weight is 338 g/mol.